The first-order valence-corrected chi connectivity index (χ1v) is 8.24. The molecule has 0 aliphatic carbocycles. The van der Waals surface area contributed by atoms with E-state index in [1.54, 1.807) is 38.1 Å². The number of carbonyl (C=O) groups excluding carboxylic acids is 4. The largest absolute Gasteiger partial charge is 0.466 e. The van der Waals surface area contributed by atoms with Crippen LogP contribution in [0.5, 0.6) is 0 Å². The summed E-state index contributed by atoms with van der Waals surface area (Å²) in [6.07, 6.45) is -0.723. The fourth-order valence-corrected chi connectivity index (χ4v) is 2.64. The second kappa shape index (κ2) is 8.53. The molecule has 0 N–H and O–H groups in total. The van der Waals surface area contributed by atoms with Crippen LogP contribution in [-0.2, 0) is 19.1 Å². The van der Waals surface area contributed by atoms with E-state index in [1.165, 1.54) is 0 Å². The van der Waals surface area contributed by atoms with Crippen molar-refractivity contribution in [2.45, 2.75) is 32.8 Å². The van der Waals surface area contributed by atoms with Gasteiger partial charge in [-0.2, -0.15) is 0 Å². The number of imide groups is 1. The van der Waals surface area contributed by atoms with E-state index in [4.69, 9.17) is 9.47 Å². The van der Waals surface area contributed by atoms with E-state index < -0.39 is 12.1 Å². The molecule has 0 radical (unpaired) electrons. The van der Waals surface area contributed by atoms with Gasteiger partial charge in [0.1, 0.15) is 12.5 Å². The minimum Gasteiger partial charge on any atom is -0.466 e. The molecule has 2 rings (SSSR count). The van der Waals surface area contributed by atoms with Crippen molar-refractivity contribution < 1.29 is 28.7 Å². The minimum absolute atomic E-state index is 0.0263. The van der Waals surface area contributed by atoms with Crippen LogP contribution in [0.25, 0.3) is 0 Å². The number of amides is 2. The maximum absolute atomic E-state index is 12.2. The van der Waals surface area contributed by atoms with Crippen molar-refractivity contribution in [3.8, 4) is 0 Å². The Morgan fingerprint density at radius 2 is 1.68 bits per heavy atom. The highest BCUT2D eigenvalue weighted by Gasteiger charge is 2.35. The van der Waals surface area contributed by atoms with Crippen LogP contribution in [0.15, 0.2) is 24.3 Å². The molecule has 1 unspecified atom stereocenters. The molecule has 1 aliphatic rings. The van der Waals surface area contributed by atoms with Crippen LogP contribution < -0.4 is 0 Å². The molecular weight excluding hydrogens is 326 g/mol. The van der Waals surface area contributed by atoms with Gasteiger partial charge in [0, 0.05) is 0 Å². The van der Waals surface area contributed by atoms with Crippen LogP contribution in [0.1, 0.15) is 47.4 Å². The highest BCUT2D eigenvalue weighted by Crippen LogP contribution is 2.22. The number of rotatable bonds is 9. The van der Waals surface area contributed by atoms with Gasteiger partial charge in [-0.3, -0.25) is 24.1 Å². The van der Waals surface area contributed by atoms with Gasteiger partial charge in [0.2, 0.25) is 0 Å². The maximum atomic E-state index is 12.2. The molecular formula is C18H21NO6. The van der Waals surface area contributed by atoms with Crippen molar-refractivity contribution >= 4 is 23.6 Å². The summed E-state index contributed by atoms with van der Waals surface area (Å²) in [4.78, 5) is 48.9. The van der Waals surface area contributed by atoms with Crippen LogP contribution in [0.2, 0.25) is 0 Å². The first-order valence-electron chi connectivity index (χ1n) is 8.24. The first kappa shape index (κ1) is 18.8. The lowest BCUT2D eigenvalue weighted by Gasteiger charge is -2.18. The minimum atomic E-state index is -0.764. The van der Waals surface area contributed by atoms with Crippen molar-refractivity contribution in [2.75, 3.05) is 19.8 Å². The van der Waals surface area contributed by atoms with Gasteiger partial charge in [-0.1, -0.05) is 19.1 Å². The van der Waals surface area contributed by atoms with Gasteiger partial charge in [0.15, 0.2) is 5.78 Å². The molecule has 0 aromatic heterocycles. The predicted octanol–water partition coefficient (Wildman–Crippen LogP) is 1.60. The van der Waals surface area contributed by atoms with E-state index in [-0.39, 0.29) is 43.8 Å². The van der Waals surface area contributed by atoms with Crippen molar-refractivity contribution in [2.24, 2.45) is 0 Å². The summed E-state index contributed by atoms with van der Waals surface area (Å²) in [5.41, 5.74) is 0.746. The molecule has 0 saturated heterocycles. The Hall–Kier alpha value is -2.54. The number of Topliss-reactive ketones (excluding diaryl/α,β-unsaturated/α-hetero) is 1. The number of benzene rings is 1. The summed E-state index contributed by atoms with van der Waals surface area (Å²) < 4.78 is 10.2. The Bertz CT molecular complexity index is 649. The Balaban J connectivity index is 1.87. The lowest BCUT2D eigenvalue weighted by atomic mass is 10.1. The van der Waals surface area contributed by atoms with Gasteiger partial charge in [-0.25, -0.2) is 0 Å². The quantitative estimate of drug-likeness (QED) is 0.383. The molecule has 25 heavy (non-hydrogen) atoms. The van der Waals surface area contributed by atoms with Gasteiger partial charge >= 0.3 is 5.97 Å². The van der Waals surface area contributed by atoms with Gasteiger partial charge in [-0.05, 0) is 25.5 Å². The molecule has 1 atom stereocenters. The lowest BCUT2D eigenvalue weighted by molar-refractivity contribution is -0.148. The Morgan fingerprint density at radius 3 is 2.20 bits per heavy atom. The number of hydrogen-bond donors (Lipinski definition) is 0. The molecule has 0 bridgehead atoms. The second-order valence-corrected chi connectivity index (χ2v) is 5.52. The van der Waals surface area contributed by atoms with Crippen molar-refractivity contribution in [1.82, 2.24) is 4.90 Å². The summed E-state index contributed by atoms with van der Waals surface area (Å²) in [5.74, 6) is -1.69. The van der Waals surface area contributed by atoms with E-state index in [0.717, 1.165) is 4.90 Å². The predicted molar refractivity (Wildman–Crippen MR) is 88.1 cm³/mol. The van der Waals surface area contributed by atoms with E-state index in [9.17, 15) is 19.2 Å². The molecule has 0 saturated carbocycles. The third kappa shape index (κ3) is 4.30. The van der Waals surface area contributed by atoms with Gasteiger partial charge in [0.05, 0.1) is 30.9 Å². The topological polar surface area (TPSA) is 90.0 Å². The smallest absolute Gasteiger partial charge is 0.313 e. The maximum Gasteiger partial charge on any atom is 0.313 e. The highest BCUT2D eigenvalue weighted by molar-refractivity contribution is 6.21. The van der Waals surface area contributed by atoms with Crippen LogP contribution in [-0.4, -0.2) is 54.3 Å². The number of esters is 1. The molecule has 7 heteroatoms. The average molecular weight is 347 g/mol. The number of ether oxygens (including phenoxy) is 2. The zero-order chi connectivity index (χ0) is 18.4. The van der Waals surface area contributed by atoms with Crippen LogP contribution in [0.3, 0.4) is 0 Å². The summed E-state index contributed by atoms with van der Waals surface area (Å²) >= 11 is 0. The molecule has 0 fully saturated rings. The van der Waals surface area contributed by atoms with Crippen LogP contribution in [0.4, 0.5) is 0 Å². The molecule has 1 aromatic rings. The third-order valence-electron chi connectivity index (χ3n) is 3.87. The monoisotopic (exact) mass is 347 g/mol. The van der Waals surface area contributed by atoms with Crippen molar-refractivity contribution in [3.63, 3.8) is 0 Å². The normalized spacial score (nSPS) is 14.4. The van der Waals surface area contributed by atoms with Gasteiger partial charge in [-0.15, -0.1) is 0 Å². The zero-order valence-corrected chi connectivity index (χ0v) is 14.3. The molecule has 1 aliphatic heterocycles. The Kier molecular flexibility index (Phi) is 6.41. The molecule has 1 aromatic carbocycles. The highest BCUT2D eigenvalue weighted by atomic mass is 16.5. The fourth-order valence-electron chi connectivity index (χ4n) is 2.64. The summed E-state index contributed by atoms with van der Waals surface area (Å²) in [6.45, 7) is 3.71. The molecule has 2 amide bonds. The van der Waals surface area contributed by atoms with Gasteiger partial charge < -0.3 is 9.47 Å². The van der Waals surface area contributed by atoms with Crippen molar-refractivity contribution in [3.05, 3.63) is 35.4 Å². The lowest BCUT2D eigenvalue weighted by Crippen LogP contribution is -2.35. The zero-order valence-electron chi connectivity index (χ0n) is 14.3. The number of fused-ring (bicyclic) bond motifs is 1. The number of carbonyl (C=O) groups is 4. The standard InChI is InChI=1S/C18H21NO6/c1-3-15(14(20)11-16(21)24-4-2)25-10-9-19-17(22)12-7-5-6-8-13(12)18(19)23/h5-8,15H,3-4,9-11H2,1-2H3. The molecule has 0 spiro atoms. The van der Waals surface area contributed by atoms with Gasteiger partial charge in [0.25, 0.3) is 11.8 Å². The average Bonchev–Trinajstić information content (AvgIpc) is 2.83. The summed E-state index contributed by atoms with van der Waals surface area (Å²) in [7, 11) is 0. The van der Waals surface area contributed by atoms with Crippen LogP contribution >= 0.6 is 0 Å². The number of hydrogen-bond acceptors (Lipinski definition) is 6. The first-order chi connectivity index (χ1) is 12.0. The summed E-state index contributed by atoms with van der Waals surface area (Å²) in [5, 5.41) is 0. The fraction of sp³-hybridized carbons (Fsp3) is 0.444. The molecule has 134 valence electrons. The molecule has 7 nitrogen and oxygen atoms in total. The Labute approximate surface area is 145 Å². The van der Waals surface area contributed by atoms with Crippen molar-refractivity contribution in [1.29, 1.82) is 0 Å². The van der Waals surface area contributed by atoms with E-state index in [1.807, 2.05) is 0 Å². The van der Waals surface area contributed by atoms with E-state index in [0.29, 0.717) is 17.5 Å². The van der Waals surface area contributed by atoms with Crippen LogP contribution in [0, 0.1) is 0 Å². The summed E-state index contributed by atoms with van der Waals surface area (Å²) in [6, 6.07) is 6.61. The number of nitrogens with zero attached hydrogens (tertiary/aromatic N) is 1. The second-order valence-electron chi connectivity index (χ2n) is 5.52. The SMILES string of the molecule is CCOC(=O)CC(=O)C(CC)OCCN1C(=O)c2ccccc2C1=O. The molecule has 1 heterocycles. The number of ketones is 1. The third-order valence-corrected chi connectivity index (χ3v) is 3.87. The van der Waals surface area contributed by atoms with E-state index >= 15 is 0 Å². The van der Waals surface area contributed by atoms with E-state index in [2.05, 4.69) is 0 Å². The Morgan fingerprint density at radius 1 is 1.08 bits per heavy atom.